The molecule has 4 aliphatic rings. The van der Waals surface area contributed by atoms with Gasteiger partial charge in [-0.2, -0.15) is 9.98 Å². The number of hydrogen-bond donors (Lipinski definition) is 4. The molecule has 2 amide bonds. The van der Waals surface area contributed by atoms with Crippen molar-refractivity contribution in [3.8, 4) is 0 Å². The van der Waals surface area contributed by atoms with Crippen LogP contribution in [-0.4, -0.2) is 70.5 Å². The average molecular weight is 552 g/mol. The molecular formula is C10H12Cr2N10O11. The molecule has 33 heavy (non-hydrogen) atoms. The molecule has 0 aliphatic carbocycles. The van der Waals surface area contributed by atoms with E-state index in [9.17, 15) is 33.1 Å². The van der Waals surface area contributed by atoms with Crippen LogP contribution in [0.3, 0.4) is 0 Å². The third kappa shape index (κ3) is 9.17. The van der Waals surface area contributed by atoms with Crippen LogP contribution in [-0.2, 0) is 54.9 Å². The van der Waals surface area contributed by atoms with Crippen molar-refractivity contribution < 1.29 is 84.1 Å². The Morgan fingerprint density at radius 2 is 1.09 bits per heavy atom. The molecule has 4 heterocycles. The molecule has 23 heteroatoms. The Morgan fingerprint density at radius 1 is 0.758 bits per heavy atom. The minimum atomic E-state index is -6.07. The first kappa shape index (κ1) is 29.4. The molecular weight excluding hydrogens is 540 g/mol. The van der Waals surface area contributed by atoms with Crippen LogP contribution in [0.25, 0.3) is 0 Å². The van der Waals surface area contributed by atoms with Crippen molar-refractivity contribution in [2.24, 2.45) is 41.4 Å². The number of carbonyl (C=O) groups excluding carboxylic acids is 2. The van der Waals surface area contributed by atoms with Crippen LogP contribution in [0.2, 0.25) is 0 Å². The van der Waals surface area contributed by atoms with Gasteiger partial charge in [-0.1, -0.05) is 0 Å². The molecule has 0 radical (unpaired) electrons. The summed E-state index contributed by atoms with van der Waals surface area (Å²) in [5, 5.41) is 0. The van der Waals surface area contributed by atoms with Gasteiger partial charge in [-0.15, -0.1) is 0 Å². The Balaban J connectivity index is 0.000000456. The van der Waals surface area contributed by atoms with E-state index in [1.54, 1.807) is 0 Å². The number of guanidine groups is 2. The molecule has 0 atom stereocenters. The topological polar surface area (TPSA) is 375 Å². The van der Waals surface area contributed by atoms with Gasteiger partial charge in [-0.05, 0) is 9.98 Å². The number of fused-ring (bicyclic) bond motifs is 2. The van der Waals surface area contributed by atoms with Crippen molar-refractivity contribution in [2.75, 3.05) is 0 Å². The second-order valence-corrected chi connectivity index (χ2v) is 8.52. The van der Waals surface area contributed by atoms with Gasteiger partial charge in [0.2, 0.25) is 11.4 Å². The summed E-state index contributed by atoms with van der Waals surface area (Å²) in [5.41, 5.74) is 10.9. The van der Waals surface area contributed by atoms with E-state index < -0.39 is 27.2 Å². The van der Waals surface area contributed by atoms with E-state index >= 15 is 0 Å². The molecule has 0 aromatic heterocycles. The molecule has 180 valence electrons. The van der Waals surface area contributed by atoms with Gasteiger partial charge < -0.3 is 11.0 Å². The summed E-state index contributed by atoms with van der Waals surface area (Å²) in [4.78, 5) is 48.9. The van der Waals surface area contributed by atoms with Gasteiger partial charge in [0.1, 0.15) is 12.7 Å². The fourth-order valence-electron chi connectivity index (χ4n) is 1.74. The van der Waals surface area contributed by atoms with Crippen molar-refractivity contribution in [3.05, 3.63) is 0 Å². The quantitative estimate of drug-likeness (QED) is 0.249. The zero-order valence-corrected chi connectivity index (χ0v) is 18.0. The molecule has 0 spiro atoms. The van der Waals surface area contributed by atoms with Gasteiger partial charge in [0, 0.05) is 0 Å². The molecule has 0 aromatic rings. The summed E-state index contributed by atoms with van der Waals surface area (Å²) >= 11 is -12.1. The average Bonchev–Trinajstić information content (AvgIpc) is 3.21. The number of aliphatic imine (C=N–C) groups is 6. The van der Waals surface area contributed by atoms with E-state index in [4.69, 9.17) is 11.5 Å². The molecule has 4 rings (SSSR count). The molecule has 4 aliphatic heterocycles. The summed E-state index contributed by atoms with van der Waals surface area (Å²) in [7, 11) is 0. The first-order valence-electron chi connectivity index (χ1n) is 7.14. The number of rotatable bonds is 2. The van der Waals surface area contributed by atoms with Gasteiger partial charge in [0.25, 0.3) is 11.7 Å². The Kier molecular flexibility index (Phi) is 10.1. The summed E-state index contributed by atoms with van der Waals surface area (Å²) in [6, 6.07) is 0. The van der Waals surface area contributed by atoms with Gasteiger partial charge in [0.15, 0.2) is 0 Å². The van der Waals surface area contributed by atoms with Crippen LogP contribution in [0.1, 0.15) is 0 Å². The molecule has 10 N–H and O–H groups in total. The van der Waals surface area contributed by atoms with Gasteiger partial charge in [0.05, 0.1) is 0 Å². The monoisotopic (exact) mass is 552 g/mol. The van der Waals surface area contributed by atoms with E-state index in [0.717, 1.165) is 0 Å². The number of nitrogens with zero attached hydrogens (tertiary/aromatic N) is 6. The van der Waals surface area contributed by atoms with E-state index in [1.165, 1.54) is 12.7 Å². The molecule has 0 saturated carbocycles. The van der Waals surface area contributed by atoms with Crippen molar-refractivity contribution in [3.63, 3.8) is 0 Å². The molecule has 0 saturated heterocycles. The molecule has 21 nitrogen and oxygen atoms in total. The number of hydrogen-bond acceptors (Lipinski definition) is 17. The number of amidine groups is 2. The Morgan fingerprint density at radius 3 is 1.36 bits per heavy atom. The first-order valence-corrected chi connectivity index (χ1v) is 11.3. The van der Waals surface area contributed by atoms with Crippen LogP contribution in [0, 0.1) is 0 Å². The number of carbonyl (C=O) groups is 2. The summed E-state index contributed by atoms with van der Waals surface area (Å²) < 4.78 is 58.9. The Bertz CT molecular complexity index is 1200. The van der Waals surface area contributed by atoms with Crippen LogP contribution in [0.4, 0.5) is 0 Å². The molecule has 0 fully saturated rings. The van der Waals surface area contributed by atoms with E-state index in [1.807, 2.05) is 0 Å². The van der Waals surface area contributed by atoms with Gasteiger partial charge in [-0.3, -0.25) is 11.5 Å². The first-order chi connectivity index (χ1) is 14.2. The molecule has 0 aromatic carbocycles. The van der Waals surface area contributed by atoms with Crippen LogP contribution in [0.5, 0.6) is 0 Å². The van der Waals surface area contributed by atoms with Gasteiger partial charge >= 0.3 is 77.3 Å². The fourth-order valence-corrected chi connectivity index (χ4v) is 3.37. The number of nitrogens with two attached hydrogens (primary N) is 2. The third-order valence-corrected chi connectivity index (χ3v) is 5.36. The van der Waals surface area contributed by atoms with Crippen molar-refractivity contribution in [2.45, 2.75) is 0 Å². The predicted molar refractivity (Wildman–Crippen MR) is 88.1 cm³/mol. The summed E-state index contributed by atoms with van der Waals surface area (Å²) in [6.07, 6.45) is 2.54. The van der Waals surface area contributed by atoms with Crippen molar-refractivity contribution in [1.82, 2.24) is 0 Å². The summed E-state index contributed by atoms with van der Waals surface area (Å²) in [6.45, 7) is 0. The van der Waals surface area contributed by atoms with Crippen LogP contribution < -0.4 is 29.8 Å². The fraction of sp³-hybridized carbons (Fsp3) is 0. The Labute approximate surface area is 185 Å². The normalized spacial score (nSPS) is 17.5. The van der Waals surface area contributed by atoms with Crippen LogP contribution in [0.15, 0.2) is 30.0 Å². The van der Waals surface area contributed by atoms with Crippen molar-refractivity contribution in [1.29, 1.82) is 0 Å². The standard InChI is InChI=1S/2C5H3N5O.2Cr.2H2O.7O/c2*6-5-9-3-2(4(11)10-5)7-1-8-3;;;;;;;;;;;/h2*1H,(H2,6,10,11);;;2*1H2;;;;;;;/q;;;;;;;;;;;2*-1/p+2. The second-order valence-electron chi connectivity index (χ2n) is 4.88. The second kappa shape index (κ2) is 11.3. The zero-order chi connectivity index (χ0) is 23.4. The maximum absolute atomic E-state index is 11.0. The van der Waals surface area contributed by atoms with E-state index in [2.05, 4.69) is 42.8 Å². The summed E-state index contributed by atoms with van der Waals surface area (Å²) in [5.74, 6) is -0.0292. The SMILES string of the molecule is NC1=[NH+]C(=O)C2=NC=NC2=N1.NC1=[NH+]C(=O)C2=NC=NC2=N1.O.O.[O]=[Cr](=[O])([O-])[O][Cr](=[O])(=[O])[O-]. The molecule has 0 bridgehead atoms. The Hall–Kier alpha value is -3.64. The maximum atomic E-state index is 11.0. The minimum absolute atomic E-state index is 0. The third-order valence-electron chi connectivity index (χ3n) is 2.69. The van der Waals surface area contributed by atoms with Gasteiger partial charge in [-0.25, -0.2) is 29.6 Å². The van der Waals surface area contributed by atoms with E-state index in [0.29, 0.717) is 0 Å². The number of amides is 2. The molecule has 0 unspecified atom stereocenters. The van der Waals surface area contributed by atoms with E-state index in [-0.39, 0.29) is 57.8 Å². The van der Waals surface area contributed by atoms with Crippen LogP contribution >= 0.6 is 0 Å². The number of nitrogens with one attached hydrogen (secondary N) is 2. The zero-order valence-electron chi connectivity index (χ0n) is 15.5. The predicted octanol–water partition coefficient (Wildman–Crippen LogP) is -11.0. The van der Waals surface area contributed by atoms with Crippen molar-refractivity contribution >= 4 is 59.5 Å².